The Balaban J connectivity index is 1.89. The summed E-state index contributed by atoms with van der Waals surface area (Å²) in [4.78, 5) is 55.0. The van der Waals surface area contributed by atoms with Gasteiger partial charge in [0, 0.05) is 63.6 Å². The minimum atomic E-state index is -1.33. The lowest BCUT2D eigenvalue weighted by Crippen LogP contribution is -2.47. The van der Waals surface area contributed by atoms with Gasteiger partial charge in [-0.15, -0.1) is 0 Å². The van der Waals surface area contributed by atoms with Crippen LogP contribution >= 0.6 is 11.6 Å². The number of hydrogen-bond acceptors (Lipinski definition) is 5. The Morgan fingerprint density at radius 1 is 1.25 bits per heavy atom. The summed E-state index contributed by atoms with van der Waals surface area (Å²) < 4.78 is 5.05. The van der Waals surface area contributed by atoms with Crippen molar-refractivity contribution in [2.24, 2.45) is 5.92 Å². The SMILES string of the molecule is CCC(=O)[C@@H]1CCCN(C(=O)C[C@]2(c3ccccc3Cl)CC(=O)N(CCCOC)C2=O)C1. The van der Waals surface area contributed by atoms with Crippen LogP contribution in [0.4, 0.5) is 0 Å². The molecular weight excluding hydrogens is 432 g/mol. The van der Waals surface area contributed by atoms with Gasteiger partial charge in [-0.05, 0) is 30.9 Å². The van der Waals surface area contributed by atoms with Crippen molar-refractivity contribution in [1.29, 1.82) is 0 Å². The Bertz CT molecular complexity index is 889. The topological polar surface area (TPSA) is 84.0 Å². The average molecular weight is 463 g/mol. The first kappa shape index (κ1) is 24.4. The van der Waals surface area contributed by atoms with Gasteiger partial charge in [-0.3, -0.25) is 24.1 Å². The number of likely N-dealkylation sites (tertiary alicyclic amines) is 2. The van der Waals surface area contributed by atoms with E-state index in [4.69, 9.17) is 16.3 Å². The number of imide groups is 1. The van der Waals surface area contributed by atoms with Crippen molar-refractivity contribution in [2.75, 3.05) is 33.4 Å². The van der Waals surface area contributed by atoms with E-state index in [1.54, 1.807) is 36.3 Å². The second-order valence-electron chi connectivity index (χ2n) is 8.61. The normalized spacial score (nSPS) is 23.7. The van der Waals surface area contributed by atoms with Gasteiger partial charge in [0.2, 0.25) is 17.7 Å². The molecule has 1 aromatic rings. The summed E-state index contributed by atoms with van der Waals surface area (Å²) in [5.74, 6) is -0.937. The van der Waals surface area contributed by atoms with Crippen LogP contribution in [0.5, 0.6) is 0 Å². The van der Waals surface area contributed by atoms with Crippen molar-refractivity contribution < 1.29 is 23.9 Å². The molecule has 3 amide bonds. The lowest BCUT2D eigenvalue weighted by Gasteiger charge is -2.35. The number of piperidine rings is 1. The van der Waals surface area contributed by atoms with Crippen LogP contribution in [-0.2, 0) is 29.3 Å². The monoisotopic (exact) mass is 462 g/mol. The summed E-state index contributed by atoms with van der Waals surface area (Å²) in [6.45, 7) is 3.41. The van der Waals surface area contributed by atoms with Crippen molar-refractivity contribution in [3.8, 4) is 0 Å². The molecule has 32 heavy (non-hydrogen) atoms. The van der Waals surface area contributed by atoms with Crippen molar-refractivity contribution in [3.63, 3.8) is 0 Å². The van der Waals surface area contributed by atoms with E-state index in [1.807, 2.05) is 6.92 Å². The molecule has 2 aliphatic rings. The summed E-state index contributed by atoms with van der Waals surface area (Å²) in [5, 5.41) is 0.359. The fourth-order valence-electron chi connectivity index (χ4n) is 4.81. The van der Waals surface area contributed by atoms with Crippen LogP contribution in [-0.4, -0.2) is 66.7 Å². The van der Waals surface area contributed by atoms with Gasteiger partial charge in [0.1, 0.15) is 5.78 Å². The molecule has 2 aliphatic heterocycles. The number of benzene rings is 1. The minimum Gasteiger partial charge on any atom is -0.385 e. The van der Waals surface area contributed by atoms with E-state index in [2.05, 4.69) is 0 Å². The smallest absolute Gasteiger partial charge is 0.240 e. The Kier molecular flexibility index (Phi) is 8.06. The maximum atomic E-state index is 13.6. The zero-order chi connectivity index (χ0) is 23.3. The van der Waals surface area contributed by atoms with E-state index >= 15 is 0 Å². The van der Waals surface area contributed by atoms with E-state index < -0.39 is 11.3 Å². The Morgan fingerprint density at radius 3 is 2.69 bits per heavy atom. The number of hydrogen-bond donors (Lipinski definition) is 0. The summed E-state index contributed by atoms with van der Waals surface area (Å²) in [6, 6.07) is 6.91. The maximum Gasteiger partial charge on any atom is 0.240 e. The highest BCUT2D eigenvalue weighted by atomic mass is 35.5. The van der Waals surface area contributed by atoms with Crippen molar-refractivity contribution >= 4 is 35.1 Å². The van der Waals surface area contributed by atoms with E-state index in [0.717, 1.165) is 12.8 Å². The first-order valence-electron chi connectivity index (χ1n) is 11.2. The molecule has 0 aliphatic carbocycles. The van der Waals surface area contributed by atoms with Crippen molar-refractivity contribution in [2.45, 2.75) is 50.9 Å². The largest absolute Gasteiger partial charge is 0.385 e. The number of methoxy groups -OCH3 is 1. The maximum absolute atomic E-state index is 13.6. The third-order valence-electron chi connectivity index (χ3n) is 6.56. The first-order chi connectivity index (χ1) is 15.3. The Labute approximate surface area is 194 Å². The van der Waals surface area contributed by atoms with Gasteiger partial charge in [-0.2, -0.15) is 0 Å². The second-order valence-corrected chi connectivity index (χ2v) is 9.02. The molecule has 3 rings (SSSR count). The third kappa shape index (κ3) is 4.89. The number of ether oxygens (including phenoxy) is 1. The van der Waals surface area contributed by atoms with Gasteiger partial charge < -0.3 is 9.64 Å². The van der Waals surface area contributed by atoms with Crippen LogP contribution in [0.15, 0.2) is 24.3 Å². The molecule has 0 spiro atoms. The predicted molar refractivity (Wildman–Crippen MR) is 120 cm³/mol. The van der Waals surface area contributed by atoms with Crippen LogP contribution in [0, 0.1) is 5.92 Å². The fourth-order valence-corrected chi connectivity index (χ4v) is 5.13. The molecule has 2 atom stereocenters. The number of Topliss-reactive ketones (excluding diaryl/α,β-unsaturated/α-hetero) is 1. The van der Waals surface area contributed by atoms with Gasteiger partial charge in [-0.1, -0.05) is 36.7 Å². The summed E-state index contributed by atoms with van der Waals surface area (Å²) in [5.41, 5.74) is -0.831. The van der Waals surface area contributed by atoms with E-state index in [-0.39, 0.29) is 42.9 Å². The van der Waals surface area contributed by atoms with Gasteiger partial charge in [0.15, 0.2) is 0 Å². The quantitative estimate of drug-likeness (QED) is 0.416. The standard InChI is InChI=1S/C24H31ClN2O5/c1-3-20(28)17-8-6-11-26(16-17)21(29)14-24(18-9-4-5-10-19(18)25)15-22(30)27(23(24)31)12-7-13-32-2/h4-5,9-10,17H,3,6-8,11-16H2,1-2H3/t17-,24-/m1/s1. The van der Waals surface area contributed by atoms with Crippen LogP contribution in [0.2, 0.25) is 5.02 Å². The van der Waals surface area contributed by atoms with Crippen LogP contribution < -0.4 is 0 Å². The second kappa shape index (κ2) is 10.6. The number of rotatable bonds is 9. The zero-order valence-electron chi connectivity index (χ0n) is 18.8. The lowest BCUT2D eigenvalue weighted by atomic mass is 9.75. The molecule has 0 unspecified atom stereocenters. The van der Waals surface area contributed by atoms with Gasteiger partial charge >= 0.3 is 0 Å². The molecule has 1 aromatic carbocycles. The first-order valence-corrected chi connectivity index (χ1v) is 11.6. The molecule has 0 saturated carbocycles. The van der Waals surface area contributed by atoms with Gasteiger partial charge in [0.25, 0.3) is 0 Å². The van der Waals surface area contributed by atoms with Crippen LogP contribution in [0.25, 0.3) is 0 Å². The summed E-state index contributed by atoms with van der Waals surface area (Å²) >= 11 is 6.46. The Morgan fingerprint density at radius 2 is 2.00 bits per heavy atom. The van der Waals surface area contributed by atoms with Crippen molar-refractivity contribution in [3.05, 3.63) is 34.9 Å². The minimum absolute atomic E-state index is 0.0978. The molecule has 0 radical (unpaired) electrons. The molecule has 0 N–H and O–H groups in total. The lowest BCUT2D eigenvalue weighted by molar-refractivity contribution is -0.144. The highest BCUT2D eigenvalue weighted by molar-refractivity contribution is 6.32. The molecule has 2 saturated heterocycles. The number of ketones is 1. The number of halogens is 1. The van der Waals surface area contributed by atoms with Crippen LogP contribution in [0.1, 0.15) is 51.0 Å². The molecular formula is C24H31ClN2O5. The van der Waals surface area contributed by atoms with E-state index in [0.29, 0.717) is 43.1 Å². The molecule has 2 fully saturated rings. The van der Waals surface area contributed by atoms with Crippen LogP contribution in [0.3, 0.4) is 0 Å². The fraction of sp³-hybridized carbons (Fsp3) is 0.583. The van der Waals surface area contributed by atoms with Crippen molar-refractivity contribution in [1.82, 2.24) is 9.80 Å². The van der Waals surface area contributed by atoms with Gasteiger partial charge in [0.05, 0.1) is 5.41 Å². The molecule has 0 aromatic heterocycles. The highest BCUT2D eigenvalue weighted by Crippen LogP contribution is 2.43. The number of carbonyl (C=O) groups excluding carboxylic acids is 4. The highest BCUT2D eigenvalue weighted by Gasteiger charge is 2.54. The van der Waals surface area contributed by atoms with E-state index in [1.165, 1.54) is 4.90 Å². The molecule has 0 bridgehead atoms. The number of carbonyl (C=O) groups is 4. The zero-order valence-corrected chi connectivity index (χ0v) is 19.5. The molecule has 2 heterocycles. The summed E-state index contributed by atoms with van der Waals surface area (Å²) in [7, 11) is 1.56. The summed E-state index contributed by atoms with van der Waals surface area (Å²) in [6.07, 6.45) is 2.25. The number of amides is 3. The van der Waals surface area contributed by atoms with Gasteiger partial charge in [-0.25, -0.2) is 0 Å². The average Bonchev–Trinajstić information content (AvgIpc) is 3.03. The molecule has 174 valence electrons. The Hall–Kier alpha value is -2.25. The molecule has 8 heteroatoms. The number of nitrogens with zero attached hydrogens (tertiary/aromatic N) is 2. The molecule has 7 nitrogen and oxygen atoms in total. The predicted octanol–water partition coefficient (Wildman–Crippen LogP) is 2.98. The van der Waals surface area contributed by atoms with E-state index in [9.17, 15) is 19.2 Å². The third-order valence-corrected chi connectivity index (χ3v) is 6.89.